The first kappa shape index (κ1) is 23.4. The Morgan fingerprint density at radius 2 is 1.27 bits per heavy atom. The first-order valence-electron chi connectivity index (χ1n) is 12.0. The third kappa shape index (κ3) is 4.84. The van der Waals surface area contributed by atoms with Crippen LogP contribution in [0.25, 0.3) is 44.7 Å². The Kier molecular flexibility index (Phi) is 6.40. The van der Waals surface area contributed by atoms with Gasteiger partial charge in [0.15, 0.2) is 0 Å². The van der Waals surface area contributed by atoms with Crippen LogP contribution in [0, 0.1) is 0 Å². The summed E-state index contributed by atoms with van der Waals surface area (Å²) in [7, 11) is 0. The maximum absolute atomic E-state index is 6.76. The zero-order valence-electron chi connectivity index (χ0n) is 19.8. The number of halogens is 2. The molecule has 0 saturated heterocycles. The van der Waals surface area contributed by atoms with Crippen LogP contribution in [0.1, 0.15) is 5.56 Å². The van der Waals surface area contributed by atoms with Gasteiger partial charge >= 0.3 is 0 Å². The Morgan fingerprint density at radius 1 is 0.649 bits per heavy atom. The molecule has 1 aromatic heterocycles. The lowest BCUT2D eigenvalue weighted by molar-refractivity contribution is 0.306. The van der Waals surface area contributed by atoms with E-state index in [1.54, 1.807) is 12.1 Å². The van der Waals surface area contributed by atoms with Gasteiger partial charge in [-0.05, 0) is 34.5 Å². The van der Waals surface area contributed by atoms with Gasteiger partial charge in [0, 0.05) is 11.1 Å². The van der Waals surface area contributed by atoms with Gasteiger partial charge in [-0.1, -0.05) is 120 Å². The highest BCUT2D eigenvalue weighted by Crippen LogP contribution is 2.40. The van der Waals surface area contributed by atoms with Gasteiger partial charge in [0.05, 0.1) is 27.0 Å². The summed E-state index contributed by atoms with van der Waals surface area (Å²) in [6.45, 7) is 0.411. The molecule has 0 aliphatic carbocycles. The van der Waals surface area contributed by atoms with Gasteiger partial charge in [-0.15, -0.1) is 0 Å². The maximum atomic E-state index is 6.76. The molecule has 6 rings (SSSR count). The van der Waals surface area contributed by atoms with Crippen LogP contribution in [0.2, 0.25) is 10.0 Å². The van der Waals surface area contributed by atoms with Crippen LogP contribution in [0.5, 0.6) is 5.75 Å². The molecule has 5 aromatic carbocycles. The highest BCUT2D eigenvalue weighted by atomic mass is 35.5. The van der Waals surface area contributed by atoms with Gasteiger partial charge < -0.3 is 9.72 Å². The second-order valence-electron chi connectivity index (χ2n) is 8.77. The summed E-state index contributed by atoms with van der Waals surface area (Å²) in [5.41, 5.74) is 5.49. The number of H-pyrrole nitrogens is 1. The van der Waals surface area contributed by atoms with Gasteiger partial charge in [0.2, 0.25) is 0 Å². The molecule has 180 valence electrons. The predicted molar refractivity (Wildman–Crippen MR) is 153 cm³/mol. The van der Waals surface area contributed by atoms with E-state index < -0.39 is 0 Å². The van der Waals surface area contributed by atoms with E-state index in [1.807, 2.05) is 60.7 Å². The Hall–Kier alpha value is -4.05. The highest BCUT2D eigenvalue weighted by molar-refractivity contribution is 6.39. The molecule has 37 heavy (non-hydrogen) atoms. The van der Waals surface area contributed by atoms with Gasteiger partial charge in [0.25, 0.3) is 0 Å². The molecule has 0 fully saturated rings. The number of aromatic amines is 1. The van der Waals surface area contributed by atoms with Crippen molar-refractivity contribution in [2.24, 2.45) is 0 Å². The minimum Gasteiger partial charge on any atom is -0.489 e. The van der Waals surface area contributed by atoms with E-state index in [1.165, 1.54) is 10.8 Å². The van der Waals surface area contributed by atoms with Crippen LogP contribution >= 0.6 is 23.2 Å². The normalized spacial score (nSPS) is 11.1. The lowest BCUT2D eigenvalue weighted by atomic mass is 10.1. The Bertz CT molecular complexity index is 1620. The maximum Gasteiger partial charge on any atom is 0.141 e. The lowest BCUT2D eigenvalue weighted by Gasteiger charge is -2.11. The van der Waals surface area contributed by atoms with Crippen molar-refractivity contribution in [1.29, 1.82) is 0 Å². The monoisotopic (exact) mass is 520 g/mol. The Balaban J connectivity index is 1.33. The molecule has 0 radical (unpaired) electrons. The number of nitrogens with one attached hydrogen (secondary N) is 1. The minimum atomic E-state index is 0.411. The number of hydrogen-bond donors (Lipinski definition) is 1. The number of ether oxygens (including phenoxy) is 1. The van der Waals surface area contributed by atoms with Crippen molar-refractivity contribution in [2.75, 3.05) is 0 Å². The highest BCUT2D eigenvalue weighted by Gasteiger charge is 2.19. The van der Waals surface area contributed by atoms with Gasteiger partial charge in [-0.2, -0.15) is 0 Å². The van der Waals surface area contributed by atoms with Crippen LogP contribution < -0.4 is 4.74 Å². The fourth-order valence-electron chi connectivity index (χ4n) is 4.46. The van der Waals surface area contributed by atoms with Crippen molar-refractivity contribution < 1.29 is 4.74 Å². The van der Waals surface area contributed by atoms with E-state index in [2.05, 4.69) is 47.4 Å². The van der Waals surface area contributed by atoms with Crippen LogP contribution in [-0.4, -0.2) is 9.97 Å². The quantitative estimate of drug-likeness (QED) is 0.237. The van der Waals surface area contributed by atoms with E-state index >= 15 is 0 Å². The summed E-state index contributed by atoms with van der Waals surface area (Å²) in [5.74, 6) is 1.21. The fourth-order valence-corrected chi connectivity index (χ4v) is 5.11. The molecule has 0 aliphatic heterocycles. The van der Waals surface area contributed by atoms with E-state index in [9.17, 15) is 0 Å². The zero-order valence-corrected chi connectivity index (χ0v) is 21.3. The average Bonchev–Trinajstić information content (AvgIpc) is 3.37. The summed E-state index contributed by atoms with van der Waals surface area (Å²) in [4.78, 5) is 8.40. The number of rotatable bonds is 6. The van der Waals surface area contributed by atoms with Crippen molar-refractivity contribution in [3.8, 4) is 39.7 Å². The van der Waals surface area contributed by atoms with Crippen molar-refractivity contribution in [3.63, 3.8) is 0 Å². The first-order chi connectivity index (χ1) is 18.2. The molecule has 0 aliphatic rings. The van der Waals surface area contributed by atoms with E-state index in [4.69, 9.17) is 32.9 Å². The number of fused-ring (bicyclic) bond motifs is 1. The average molecular weight is 521 g/mol. The molecule has 1 N–H and O–H groups in total. The number of benzene rings is 5. The molecule has 0 bridgehead atoms. The number of aromatic nitrogens is 2. The molecule has 5 heteroatoms. The SMILES string of the molecule is Clc1cc(OCc2ccc3ccccc3c2)cc(Cl)c1-c1nc(-c2ccccc2)c(-c2ccccc2)[nH]1. The number of nitrogens with zero attached hydrogens (tertiary/aromatic N) is 1. The topological polar surface area (TPSA) is 37.9 Å². The molecule has 3 nitrogen and oxygen atoms in total. The minimum absolute atomic E-state index is 0.411. The molecule has 1 heterocycles. The van der Waals surface area contributed by atoms with Crippen LogP contribution in [0.3, 0.4) is 0 Å². The first-order valence-corrected chi connectivity index (χ1v) is 12.7. The molecule has 0 atom stereocenters. The molecule has 6 aromatic rings. The smallest absolute Gasteiger partial charge is 0.141 e. The van der Waals surface area contributed by atoms with Crippen molar-refractivity contribution in [2.45, 2.75) is 6.61 Å². The van der Waals surface area contributed by atoms with Gasteiger partial charge in [-0.25, -0.2) is 4.98 Å². The molecule has 0 amide bonds. The number of hydrogen-bond acceptors (Lipinski definition) is 2. The van der Waals surface area contributed by atoms with E-state index in [-0.39, 0.29) is 0 Å². The van der Waals surface area contributed by atoms with Crippen molar-refractivity contribution in [1.82, 2.24) is 9.97 Å². The zero-order chi connectivity index (χ0) is 25.2. The van der Waals surface area contributed by atoms with Gasteiger partial charge in [-0.3, -0.25) is 0 Å². The molecular weight excluding hydrogens is 499 g/mol. The third-order valence-corrected chi connectivity index (χ3v) is 6.88. The molecule has 0 unspecified atom stereocenters. The molecule has 0 saturated carbocycles. The second-order valence-corrected chi connectivity index (χ2v) is 9.59. The van der Waals surface area contributed by atoms with Crippen molar-refractivity contribution in [3.05, 3.63) is 131 Å². The van der Waals surface area contributed by atoms with Crippen LogP contribution in [-0.2, 0) is 6.61 Å². The molecule has 0 spiro atoms. The predicted octanol–water partition coefficient (Wildman–Crippen LogP) is 9.45. The number of imidazole rings is 1. The van der Waals surface area contributed by atoms with Crippen LogP contribution in [0.15, 0.2) is 115 Å². The summed E-state index contributed by atoms with van der Waals surface area (Å²) in [6.07, 6.45) is 0. The lowest BCUT2D eigenvalue weighted by Crippen LogP contribution is -1.96. The Labute approximate surface area is 225 Å². The van der Waals surface area contributed by atoms with E-state index in [0.29, 0.717) is 33.8 Å². The second kappa shape index (κ2) is 10.1. The molecular formula is C32H22Cl2N2O. The summed E-state index contributed by atoms with van der Waals surface area (Å²) >= 11 is 13.5. The van der Waals surface area contributed by atoms with Crippen molar-refractivity contribution >= 4 is 34.0 Å². The summed E-state index contributed by atoms with van der Waals surface area (Å²) in [5, 5.41) is 3.31. The van der Waals surface area contributed by atoms with Gasteiger partial charge in [0.1, 0.15) is 18.2 Å². The largest absolute Gasteiger partial charge is 0.489 e. The third-order valence-electron chi connectivity index (χ3n) is 6.29. The fraction of sp³-hybridized carbons (Fsp3) is 0.0312. The van der Waals surface area contributed by atoms with Crippen LogP contribution in [0.4, 0.5) is 0 Å². The summed E-state index contributed by atoms with van der Waals surface area (Å²) < 4.78 is 6.06. The standard InChI is InChI=1S/C32H22Cl2N2O/c33-27-18-26(37-20-21-15-16-22-9-7-8-14-25(22)17-21)19-28(34)29(27)32-35-30(23-10-3-1-4-11-23)31(36-32)24-12-5-2-6-13-24/h1-19H,20H2,(H,35,36). The summed E-state index contributed by atoms with van der Waals surface area (Å²) in [6, 6.07) is 38.3. The Morgan fingerprint density at radius 3 is 1.97 bits per heavy atom. The van der Waals surface area contributed by atoms with E-state index in [0.717, 1.165) is 28.1 Å².